The van der Waals surface area contributed by atoms with Gasteiger partial charge in [-0.2, -0.15) is 0 Å². The molecule has 0 atom stereocenters. The highest BCUT2D eigenvalue weighted by Gasteiger charge is 2.13. The molecular weight excluding hydrogens is 284 g/mol. The third-order valence-electron chi connectivity index (χ3n) is 2.54. The maximum absolute atomic E-state index is 11.4. The van der Waals surface area contributed by atoms with E-state index < -0.39 is 10.0 Å². The zero-order valence-electron chi connectivity index (χ0n) is 10.5. The highest BCUT2D eigenvalue weighted by molar-refractivity contribution is 7.92. The van der Waals surface area contributed by atoms with E-state index in [4.69, 9.17) is 5.73 Å². The molecule has 0 fully saturated rings. The smallest absolute Gasteiger partial charge is 0.234 e. The fourth-order valence-electron chi connectivity index (χ4n) is 1.45. The van der Waals surface area contributed by atoms with Crippen LogP contribution >= 0.6 is 11.3 Å². The Morgan fingerprint density at radius 3 is 2.79 bits per heavy atom. The Morgan fingerprint density at radius 2 is 2.11 bits per heavy atom. The summed E-state index contributed by atoms with van der Waals surface area (Å²) in [6.07, 6.45) is 0. The predicted molar refractivity (Wildman–Crippen MR) is 77.6 cm³/mol. The maximum atomic E-state index is 11.4. The van der Waals surface area contributed by atoms with E-state index in [1.165, 1.54) is 11.3 Å². The second-order valence-corrected chi connectivity index (χ2v) is 6.98. The van der Waals surface area contributed by atoms with Crippen molar-refractivity contribution in [3.63, 3.8) is 0 Å². The van der Waals surface area contributed by atoms with E-state index >= 15 is 0 Å². The van der Waals surface area contributed by atoms with Crippen LogP contribution < -0.4 is 10.5 Å². The van der Waals surface area contributed by atoms with Crippen molar-refractivity contribution in [2.45, 2.75) is 13.8 Å². The van der Waals surface area contributed by atoms with Gasteiger partial charge in [0.05, 0.1) is 5.75 Å². The van der Waals surface area contributed by atoms with Crippen molar-refractivity contribution in [1.82, 2.24) is 10.2 Å². The van der Waals surface area contributed by atoms with E-state index in [1.807, 2.05) is 13.0 Å². The number of nitrogens with zero attached hydrogens (tertiary/aromatic N) is 2. The maximum Gasteiger partial charge on any atom is 0.234 e. The van der Waals surface area contributed by atoms with E-state index in [1.54, 1.807) is 19.1 Å². The van der Waals surface area contributed by atoms with Crippen LogP contribution in [0.25, 0.3) is 10.6 Å². The minimum absolute atomic E-state index is 0.000768. The van der Waals surface area contributed by atoms with Gasteiger partial charge in [-0.1, -0.05) is 17.4 Å². The zero-order valence-corrected chi connectivity index (χ0v) is 12.2. The highest BCUT2D eigenvalue weighted by atomic mass is 32.2. The lowest BCUT2D eigenvalue weighted by Crippen LogP contribution is -2.14. The van der Waals surface area contributed by atoms with Gasteiger partial charge < -0.3 is 5.73 Å². The molecule has 2 rings (SSSR count). The Bertz CT molecular complexity index is 694. The zero-order chi connectivity index (χ0) is 14.0. The summed E-state index contributed by atoms with van der Waals surface area (Å²) in [7, 11) is -3.33. The van der Waals surface area contributed by atoms with Gasteiger partial charge >= 0.3 is 0 Å². The van der Waals surface area contributed by atoms with Crippen molar-refractivity contribution < 1.29 is 8.42 Å². The number of hydrogen-bond acceptors (Lipinski definition) is 6. The van der Waals surface area contributed by atoms with Crippen LogP contribution in [0.2, 0.25) is 0 Å². The van der Waals surface area contributed by atoms with E-state index in [-0.39, 0.29) is 10.9 Å². The van der Waals surface area contributed by atoms with Crippen molar-refractivity contribution in [3.05, 3.63) is 23.8 Å². The van der Waals surface area contributed by atoms with Gasteiger partial charge in [0.2, 0.25) is 15.2 Å². The summed E-state index contributed by atoms with van der Waals surface area (Å²) < 4.78 is 25.3. The van der Waals surface area contributed by atoms with Crippen LogP contribution in [0.15, 0.2) is 18.2 Å². The fraction of sp³-hybridized carbons (Fsp3) is 0.273. The molecule has 2 aromatic rings. The minimum Gasteiger partial charge on any atom is -0.399 e. The van der Waals surface area contributed by atoms with E-state index in [0.29, 0.717) is 10.7 Å². The minimum atomic E-state index is -3.33. The molecule has 0 radical (unpaired) electrons. The number of nitrogens with two attached hydrogens (primary N) is 1. The Labute approximate surface area is 115 Å². The molecule has 0 saturated carbocycles. The molecule has 0 aliphatic heterocycles. The van der Waals surface area contributed by atoms with E-state index in [2.05, 4.69) is 14.9 Å². The molecule has 6 nitrogen and oxygen atoms in total. The molecule has 19 heavy (non-hydrogen) atoms. The summed E-state index contributed by atoms with van der Waals surface area (Å²) in [5.41, 5.74) is 8.24. The van der Waals surface area contributed by atoms with E-state index in [0.717, 1.165) is 11.1 Å². The van der Waals surface area contributed by atoms with Gasteiger partial charge in [0.25, 0.3) is 0 Å². The van der Waals surface area contributed by atoms with Crippen molar-refractivity contribution in [3.8, 4) is 10.6 Å². The van der Waals surface area contributed by atoms with Crippen molar-refractivity contribution in [2.24, 2.45) is 0 Å². The molecule has 0 aliphatic rings. The molecular formula is C11H14N4O2S2. The lowest BCUT2D eigenvalue weighted by atomic mass is 10.1. The normalized spacial score (nSPS) is 11.5. The summed E-state index contributed by atoms with van der Waals surface area (Å²) >= 11 is 1.18. The van der Waals surface area contributed by atoms with Crippen molar-refractivity contribution >= 4 is 32.2 Å². The van der Waals surface area contributed by atoms with Crippen LogP contribution in [0.5, 0.6) is 0 Å². The first-order chi connectivity index (χ1) is 8.91. The lowest BCUT2D eigenvalue weighted by molar-refractivity contribution is 0.602. The SMILES string of the molecule is CCS(=O)(=O)Nc1nnc(-c2cc(N)ccc2C)s1. The average Bonchev–Trinajstić information content (AvgIpc) is 2.80. The molecule has 8 heteroatoms. The number of anilines is 2. The summed E-state index contributed by atoms with van der Waals surface area (Å²) in [5.74, 6) is -0.000768. The molecule has 1 heterocycles. The summed E-state index contributed by atoms with van der Waals surface area (Å²) in [6, 6.07) is 5.50. The van der Waals surface area contributed by atoms with Gasteiger partial charge in [-0.05, 0) is 31.5 Å². The topological polar surface area (TPSA) is 98.0 Å². The molecule has 1 aromatic carbocycles. The first-order valence-corrected chi connectivity index (χ1v) is 8.08. The van der Waals surface area contributed by atoms with Crippen LogP contribution in [0.1, 0.15) is 12.5 Å². The van der Waals surface area contributed by atoms with E-state index in [9.17, 15) is 8.42 Å². The first-order valence-electron chi connectivity index (χ1n) is 5.62. The number of aromatic nitrogens is 2. The summed E-state index contributed by atoms with van der Waals surface area (Å²) in [4.78, 5) is 0. The highest BCUT2D eigenvalue weighted by Crippen LogP contribution is 2.30. The van der Waals surface area contributed by atoms with Crippen LogP contribution in [0.3, 0.4) is 0 Å². The number of rotatable bonds is 4. The first kappa shape index (κ1) is 13.8. The van der Waals surface area contributed by atoms with Crippen molar-refractivity contribution in [2.75, 3.05) is 16.2 Å². The number of hydrogen-bond donors (Lipinski definition) is 2. The van der Waals surface area contributed by atoms with Gasteiger partial charge in [-0.15, -0.1) is 10.2 Å². The monoisotopic (exact) mass is 298 g/mol. The predicted octanol–water partition coefficient (Wildman–Crippen LogP) is 1.86. The average molecular weight is 298 g/mol. The Hall–Kier alpha value is -1.67. The molecule has 1 aromatic heterocycles. The van der Waals surface area contributed by atoms with Gasteiger partial charge in [0, 0.05) is 11.3 Å². The molecule has 0 unspecified atom stereocenters. The van der Waals surface area contributed by atoms with Gasteiger partial charge in [-0.3, -0.25) is 4.72 Å². The second-order valence-electron chi connectivity index (χ2n) is 3.99. The molecule has 0 saturated heterocycles. The van der Waals surface area contributed by atoms with Crippen LogP contribution in [0.4, 0.5) is 10.8 Å². The van der Waals surface area contributed by atoms with Crippen LogP contribution in [-0.2, 0) is 10.0 Å². The number of benzene rings is 1. The van der Waals surface area contributed by atoms with Gasteiger partial charge in [0.15, 0.2) is 0 Å². The largest absolute Gasteiger partial charge is 0.399 e. The van der Waals surface area contributed by atoms with Crippen LogP contribution in [-0.4, -0.2) is 24.4 Å². The summed E-state index contributed by atoms with van der Waals surface area (Å²) in [5, 5.41) is 8.73. The van der Waals surface area contributed by atoms with Crippen LogP contribution in [0, 0.1) is 6.92 Å². The quantitative estimate of drug-likeness (QED) is 0.839. The fourth-order valence-corrected chi connectivity index (χ4v) is 3.12. The number of aryl methyl sites for hydroxylation is 1. The molecule has 0 spiro atoms. The number of nitrogen functional groups attached to an aromatic ring is 1. The molecule has 102 valence electrons. The summed E-state index contributed by atoms with van der Waals surface area (Å²) in [6.45, 7) is 3.50. The second kappa shape index (κ2) is 5.14. The molecule has 0 amide bonds. The Kier molecular flexibility index (Phi) is 3.72. The number of sulfonamides is 1. The number of nitrogens with one attached hydrogen (secondary N) is 1. The Morgan fingerprint density at radius 1 is 1.37 bits per heavy atom. The van der Waals surface area contributed by atoms with Gasteiger partial charge in [-0.25, -0.2) is 8.42 Å². The molecule has 0 aliphatic carbocycles. The standard InChI is InChI=1S/C11H14N4O2S2/c1-3-19(16,17)15-11-14-13-10(18-11)9-6-8(12)5-4-7(9)2/h4-6H,3,12H2,1-2H3,(H,14,15). The Balaban J connectivity index is 2.33. The molecule has 0 bridgehead atoms. The van der Waals surface area contributed by atoms with Crippen molar-refractivity contribution in [1.29, 1.82) is 0 Å². The third kappa shape index (κ3) is 3.21. The third-order valence-corrected chi connectivity index (χ3v) is 4.81. The lowest BCUT2D eigenvalue weighted by Gasteiger charge is -2.02. The molecule has 3 N–H and O–H groups in total. The van der Waals surface area contributed by atoms with Gasteiger partial charge in [0.1, 0.15) is 5.01 Å².